The summed E-state index contributed by atoms with van der Waals surface area (Å²) in [5.41, 5.74) is 0.515. The van der Waals surface area contributed by atoms with Gasteiger partial charge in [0, 0.05) is 17.9 Å². The lowest BCUT2D eigenvalue weighted by molar-refractivity contribution is 0.102. The number of benzene rings is 2. The van der Waals surface area contributed by atoms with Crippen LogP contribution in [0.3, 0.4) is 0 Å². The number of thiazole rings is 1. The van der Waals surface area contributed by atoms with E-state index in [0.717, 1.165) is 29.5 Å². The predicted molar refractivity (Wildman–Crippen MR) is 105 cm³/mol. The largest absolute Gasteiger partial charge is 0.485 e. The summed E-state index contributed by atoms with van der Waals surface area (Å²) in [5.74, 6) is -0.554. The van der Waals surface area contributed by atoms with Crippen molar-refractivity contribution < 1.29 is 22.8 Å². The van der Waals surface area contributed by atoms with Crippen molar-refractivity contribution in [2.45, 2.75) is 13.5 Å². The van der Waals surface area contributed by atoms with Gasteiger partial charge in [-0.05, 0) is 30.3 Å². The lowest BCUT2D eigenvalue weighted by Gasteiger charge is -2.09. The molecular formula is C20H14F2N4O3S. The predicted octanol–water partition coefficient (Wildman–Crippen LogP) is 4.61. The van der Waals surface area contributed by atoms with E-state index in [2.05, 4.69) is 20.4 Å². The number of aryl methyl sites for hydroxylation is 1. The van der Waals surface area contributed by atoms with Crippen molar-refractivity contribution in [3.8, 4) is 17.0 Å². The van der Waals surface area contributed by atoms with Gasteiger partial charge in [0.15, 0.2) is 11.7 Å². The lowest BCUT2D eigenvalue weighted by Crippen LogP contribution is -2.13. The first-order valence-corrected chi connectivity index (χ1v) is 9.61. The smallest absolute Gasteiger partial charge is 0.261 e. The zero-order valence-electron chi connectivity index (χ0n) is 15.6. The number of anilines is 1. The number of aromatic nitrogens is 3. The first-order valence-electron chi connectivity index (χ1n) is 8.73. The highest BCUT2D eigenvalue weighted by atomic mass is 32.1. The molecule has 0 aliphatic rings. The van der Waals surface area contributed by atoms with Crippen molar-refractivity contribution in [1.82, 2.24) is 15.1 Å². The molecule has 1 amide bonds. The number of carbonyl (C=O) groups excluding carboxylic acids is 1. The van der Waals surface area contributed by atoms with Crippen LogP contribution in [0.25, 0.3) is 11.3 Å². The highest BCUT2D eigenvalue weighted by Crippen LogP contribution is 2.28. The van der Waals surface area contributed by atoms with Crippen LogP contribution in [-0.2, 0) is 6.61 Å². The average Bonchev–Trinajstić information content (AvgIpc) is 3.37. The number of amides is 1. The Labute approximate surface area is 173 Å². The maximum Gasteiger partial charge on any atom is 0.261 e. The third-order valence-electron chi connectivity index (χ3n) is 3.99. The van der Waals surface area contributed by atoms with Gasteiger partial charge in [0.05, 0.1) is 11.3 Å². The Morgan fingerprint density at radius 3 is 2.83 bits per heavy atom. The maximum atomic E-state index is 13.9. The molecule has 2 aromatic carbocycles. The van der Waals surface area contributed by atoms with Crippen LogP contribution in [0.2, 0.25) is 0 Å². The van der Waals surface area contributed by atoms with Crippen LogP contribution in [0.5, 0.6) is 5.75 Å². The Morgan fingerprint density at radius 1 is 1.20 bits per heavy atom. The van der Waals surface area contributed by atoms with Crippen molar-refractivity contribution in [3.63, 3.8) is 0 Å². The van der Waals surface area contributed by atoms with Crippen molar-refractivity contribution >= 4 is 22.4 Å². The molecule has 2 aromatic heterocycles. The molecule has 4 rings (SSSR count). The van der Waals surface area contributed by atoms with E-state index in [0.29, 0.717) is 17.5 Å². The molecule has 0 unspecified atom stereocenters. The molecule has 0 aliphatic carbocycles. The summed E-state index contributed by atoms with van der Waals surface area (Å²) >= 11 is 1.10. The van der Waals surface area contributed by atoms with E-state index in [1.807, 2.05) is 0 Å². The molecule has 152 valence electrons. The molecular weight excluding hydrogens is 414 g/mol. The van der Waals surface area contributed by atoms with Gasteiger partial charge in [-0.15, -0.1) is 11.3 Å². The second kappa shape index (κ2) is 8.37. The van der Waals surface area contributed by atoms with Crippen LogP contribution < -0.4 is 10.1 Å². The average molecular weight is 428 g/mol. The molecule has 30 heavy (non-hydrogen) atoms. The summed E-state index contributed by atoms with van der Waals surface area (Å²) < 4.78 is 37.9. The highest BCUT2D eigenvalue weighted by molar-refractivity contribution is 7.14. The number of para-hydroxylation sites is 1. The van der Waals surface area contributed by atoms with Gasteiger partial charge in [-0.2, -0.15) is 4.98 Å². The summed E-state index contributed by atoms with van der Waals surface area (Å²) in [5, 5.41) is 8.16. The van der Waals surface area contributed by atoms with Crippen molar-refractivity contribution in [1.29, 1.82) is 0 Å². The molecule has 0 radical (unpaired) electrons. The quantitative estimate of drug-likeness (QED) is 0.482. The van der Waals surface area contributed by atoms with Crippen molar-refractivity contribution in [2.24, 2.45) is 0 Å². The number of nitrogens with one attached hydrogen (secondary N) is 1. The van der Waals surface area contributed by atoms with E-state index in [1.54, 1.807) is 31.2 Å². The van der Waals surface area contributed by atoms with Gasteiger partial charge in [0.1, 0.15) is 17.4 Å². The second-order valence-electron chi connectivity index (χ2n) is 6.13. The summed E-state index contributed by atoms with van der Waals surface area (Å²) in [6.45, 7) is 1.69. The Bertz CT molecular complexity index is 1210. The molecule has 0 fully saturated rings. The molecule has 4 aromatic rings. The minimum atomic E-state index is -0.602. The Morgan fingerprint density at radius 2 is 2.03 bits per heavy atom. The maximum absolute atomic E-state index is 13.9. The first-order chi connectivity index (χ1) is 14.5. The highest BCUT2D eigenvalue weighted by Gasteiger charge is 2.16. The normalized spacial score (nSPS) is 10.8. The molecule has 0 saturated carbocycles. The molecule has 0 bridgehead atoms. The van der Waals surface area contributed by atoms with Crippen LogP contribution in [0.1, 0.15) is 22.1 Å². The minimum Gasteiger partial charge on any atom is -0.485 e. The number of nitrogens with zero attached hydrogens (tertiary/aromatic N) is 3. The van der Waals surface area contributed by atoms with Crippen molar-refractivity contribution in [3.05, 3.63) is 76.8 Å². The lowest BCUT2D eigenvalue weighted by atomic mass is 10.1. The molecule has 7 nitrogen and oxygen atoms in total. The van der Waals surface area contributed by atoms with E-state index in [9.17, 15) is 13.6 Å². The first kappa shape index (κ1) is 19.6. The number of hydrogen-bond donors (Lipinski definition) is 1. The van der Waals surface area contributed by atoms with Crippen LogP contribution in [0.4, 0.5) is 13.9 Å². The second-order valence-corrected chi connectivity index (χ2v) is 6.99. The SMILES string of the molecule is Cc1nc(COc2ccccc2C(=O)Nc2nc(-c3cc(F)ccc3F)cs2)no1. The number of halogens is 2. The van der Waals surface area contributed by atoms with Gasteiger partial charge in [-0.3, -0.25) is 10.1 Å². The number of rotatable bonds is 6. The fraction of sp³-hybridized carbons (Fsp3) is 0.100. The van der Waals surface area contributed by atoms with Crippen LogP contribution in [0.15, 0.2) is 52.4 Å². The Balaban J connectivity index is 1.49. The molecule has 0 aliphatic heterocycles. The fourth-order valence-corrected chi connectivity index (χ4v) is 3.34. The van der Waals surface area contributed by atoms with E-state index in [1.165, 1.54) is 5.38 Å². The summed E-state index contributed by atoms with van der Waals surface area (Å²) in [6, 6.07) is 9.75. The van der Waals surface area contributed by atoms with E-state index in [4.69, 9.17) is 9.26 Å². The van der Waals surface area contributed by atoms with Gasteiger partial charge in [-0.1, -0.05) is 17.3 Å². The van der Waals surface area contributed by atoms with Crippen LogP contribution in [-0.4, -0.2) is 21.0 Å². The van der Waals surface area contributed by atoms with Gasteiger partial charge < -0.3 is 9.26 Å². The van der Waals surface area contributed by atoms with Gasteiger partial charge >= 0.3 is 0 Å². The fourth-order valence-electron chi connectivity index (χ4n) is 2.64. The van der Waals surface area contributed by atoms with E-state index < -0.39 is 17.5 Å². The number of carbonyl (C=O) groups is 1. The monoisotopic (exact) mass is 428 g/mol. The Kier molecular flexibility index (Phi) is 5.48. The topological polar surface area (TPSA) is 90.1 Å². The zero-order valence-corrected chi connectivity index (χ0v) is 16.4. The summed E-state index contributed by atoms with van der Waals surface area (Å²) in [7, 11) is 0. The summed E-state index contributed by atoms with van der Waals surface area (Å²) in [6.07, 6.45) is 0. The third kappa shape index (κ3) is 4.33. The molecule has 2 heterocycles. The molecule has 0 spiro atoms. The molecule has 0 saturated heterocycles. The molecule has 0 atom stereocenters. The van der Waals surface area contributed by atoms with Crippen LogP contribution in [0, 0.1) is 18.6 Å². The number of ether oxygens (including phenoxy) is 1. The van der Waals surface area contributed by atoms with Crippen LogP contribution >= 0.6 is 11.3 Å². The van der Waals surface area contributed by atoms with E-state index in [-0.39, 0.29) is 28.6 Å². The molecule has 1 N–H and O–H groups in total. The third-order valence-corrected chi connectivity index (χ3v) is 4.74. The minimum absolute atomic E-state index is 0.0193. The zero-order chi connectivity index (χ0) is 21.1. The van der Waals surface area contributed by atoms with E-state index >= 15 is 0 Å². The van der Waals surface area contributed by atoms with Gasteiger partial charge in [-0.25, -0.2) is 13.8 Å². The number of hydrogen-bond acceptors (Lipinski definition) is 7. The summed E-state index contributed by atoms with van der Waals surface area (Å²) in [4.78, 5) is 20.9. The standard InChI is InChI=1S/C20H14F2N4O3S/c1-11-23-18(26-29-11)9-28-17-5-3-2-4-13(17)19(27)25-20-24-16(10-30-20)14-8-12(21)6-7-15(14)22/h2-8,10H,9H2,1H3,(H,24,25,27). The van der Waals surface area contributed by atoms with Gasteiger partial charge in [0.25, 0.3) is 5.91 Å². The van der Waals surface area contributed by atoms with Crippen molar-refractivity contribution in [2.75, 3.05) is 5.32 Å². The Hall–Kier alpha value is -3.66. The molecule has 10 heteroatoms. The van der Waals surface area contributed by atoms with Gasteiger partial charge in [0.2, 0.25) is 11.7 Å².